The fourth-order valence-corrected chi connectivity index (χ4v) is 2.07. The molecular formula is C13H13N5O3. The fraction of sp³-hybridized carbons (Fsp3) is 0.231. The molecule has 1 atom stereocenters. The van der Waals surface area contributed by atoms with Crippen LogP contribution in [0.1, 0.15) is 5.56 Å². The molecule has 0 radical (unpaired) electrons. The van der Waals surface area contributed by atoms with E-state index in [1.807, 2.05) is 24.3 Å². The SMILES string of the molecule is COC(=O)[C@H](Cc1c[nH]c2ccccc12)NC(=O)N=[N+]=[N-]. The maximum Gasteiger partial charge on any atom is 0.328 e. The molecule has 0 aliphatic heterocycles. The topological polar surface area (TPSA) is 120 Å². The Labute approximate surface area is 119 Å². The molecule has 2 rings (SSSR count). The van der Waals surface area contributed by atoms with Crippen molar-refractivity contribution in [1.29, 1.82) is 0 Å². The molecule has 2 aromatic rings. The highest BCUT2D eigenvalue weighted by molar-refractivity contribution is 5.87. The van der Waals surface area contributed by atoms with Crippen molar-refractivity contribution in [3.8, 4) is 0 Å². The van der Waals surface area contributed by atoms with Gasteiger partial charge in [0.25, 0.3) is 0 Å². The van der Waals surface area contributed by atoms with Crippen molar-refractivity contribution >= 4 is 22.9 Å². The van der Waals surface area contributed by atoms with Gasteiger partial charge in [0.15, 0.2) is 0 Å². The van der Waals surface area contributed by atoms with Crippen LogP contribution in [0, 0.1) is 0 Å². The Bertz CT molecular complexity index is 717. The Balaban J connectivity index is 2.24. The molecule has 2 N–H and O–H groups in total. The Hall–Kier alpha value is -2.99. The van der Waals surface area contributed by atoms with Gasteiger partial charge in [-0.25, -0.2) is 4.79 Å². The van der Waals surface area contributed by atoms with E-state index < -0.39 is 18.0 Å². The third-order valence-electron chi connectivity index (χ3n) is 3.02. The Morgan fingerprint density at radius 1 is 1.48 bits per heavy atom. The van der Waals surface area contributed by atoms with Gasteiger partial charge >= 0.3 is 12.0 Å². The van der Waals surface area contributed by atoms with Crippen molar-refractivity contribution in [1.82, 2.24) is 10.3 Å². The van der Waals surface area contributed by atoms with E-state index in [2.05, 4.69) is 25.1 Å². The third-order valence-corrected chi connectivity index (χ3v) is 3.02. The maximum atomic E-state index is 11.7. The summed E-state index contributed by atoms with van der Waals surface area (Å²) in [4.78, 5) is 28.5. The van der Waals surface area contributed by atoms with Crippen LogP contribution in [0.2, 0.25) is 0 Å². The van der Waals surface area contributed by atoms with Crippen LogP contribution in [0.25, 0.3) is 21.3 Å². The normalized spacial score (nSPS) is 11.5. The minimum atomic E-state index is -0.924. The maximum absolute atomic E-state index is 11.7. The van der Waals surface area contributed by atoms with Crippen LogP contribution in [0.15, 0.2) is 35.6 Å². The molecule has 8 heteroatoms. The molecule has 8 nitrogen and oxygen atoms in total. The van der Waals surface area contributed by atoms with Crippen molar-refractivity contribution in [2.45, 2.75) is 12.5 Å². The first-order valence-corrected chi connectivity index (χ1v) is 6.14. The summed E-state index contributed by atoms with van der Waals surface area (Å²) in [6.45, 7) is 0. The summed E-state index contributed by atoms with van der Waals surface area (Å²) in [7, 11) is 1.23. The third kappa shape index (κ3) is 3.31. The van der Waals surface area contributed by atoms with Gasteiger partial charge in [-0.1, -0.05) is 18.2 Å². The number of hydrogen-bond donors (Lipinski definition) is 2. The summed E-state index contributed by atoms with van der Waals surface area (Å²) in [5.41, 5.74) is 10.00. The van der Waals surface area contributed by atoms with Gasteiger partial charge in [0, 0.05) is 33.5 Å². The van der Waals surface area contributed by atoms with Crippen LogP contribution in [0.4, 0.5) is 4.79 Å². The summed E-state index contributed by atoms with van der Waals surface area (Å²) in [5.74, 6) is -0.609. The number of carbonyl (C=O) groups is 2. The lowest BCUT2D eigenvalue weighted by Gasteiger charge is -2.14. The molecular weight excluding hydrogens is 274 g/mol. The first-order chi connectivity index (χ1) is 10.2. The molecule has 0 aliphatic carbocycles. The van der Waals surface area contributed by atoms with E-state index in [0.717, 1.165) is 16.5 Å². The highest BCUT2D eigenvalue weighted by Gasteiger charge is 2.22. The van der Waals surface area contributed by atoms with E-state index >= 15 is 0 Å². The lowest BCUT2D eigenvalue weighted by molar-refractivity contribution is -0.142. The number of azide groups is 1. The number of esters is 1. The van der Waals surface area contributed by atoms with Gasteiger partial charge in [-0.3, -0.25) is 4.79 Å². The molecule has 1 heterocycles. The van der Waals surface area contributed by atoms with Gasteiger partial charge < -0.3 is 15.0 Å². The highest BCUT2D eigenvalue weighted by atomic mass is 16.5. The smallest absolute Gasteiger partial charge is 0.328 e. The molecule has 108 valence electrons. The van der Waals surface area contributed by atoms with Crippen LogP contribution >= 0.6 is 0 Å². The lowest BCUT2D eigenvalue weighted by Crippen LogP contribution is -2.41. The number of aromatic amines is 1. The van der Waals surface area contributed by atoms with Crippen molar-refractivity contribution in [3.63, 3.8) is 0 Å². The quantitative estimate of drug-likeness (QED) is 0.388. The molecule has 0 aliphatic rings. The molecule has 1 aromatic carbocycles. The minimum absolute atomic E-state index is 0.226. The average molecular weight is 287 g/mol. The zero-order valence-electron chi connectivity index (χ0n) is 11.2. The van der Waals surface area contributed by atoms with Gasteiger partial charge in [-0.05, 0) is 17.2 Å². The number of ether oxygens (including phenoxy) is 1. The Morgan fingerprint density at radius 3 is 2.95 bits per heavy atom. The van der Waals surface area contributed by atoms with E-state index in [-0.39, 0.29) is 6.42 Å². The molecule has 0 saturated carbocycles. The summed E-state index contributed by atoms with van der Waals surface area (Å²) in [6, 6.07) is 5.74. The predicted octanol–water partition coefficient (Wildman–Crippen LogP) is 2.27. The second-order valence-electron chi connectivity index (χ2n) is 4.28. The zero-order chi connectivity index (χ0) is 15.2. The van der Waals surface area contributed by atoms with Crippen LogP contribution in [0.5, 0.6) is 0 Å². The van der Waals surface area contributed by atoms with Crippen LogP contribution in [0.3, 0.4) is 0 Å². The monoisotopic (exact) mass is 287 g/mol. The number of rotatable bonds is 4. The second-order valence-corrected chi connectivity index (χ2v) is 4.28. The van der Waals surface area contributed by atoms with Crippen LogP contribution in [-0.2, 0) is 16.0 Å². The molecule has 1 aromatic heterocycles. The Morgan fingerprint density at radius 2 is 2.24 bits per heavy atom. The number of amides is 2. The van der Waals surface area contributed by atoms with Gasteiger partial charge in [-0.2, -0.15) is 0 Å². The number of carbonyl (C=O) groups excluding carboxylic acids is 2. The number of urea groups is 1. The molecule has 0 spiro atoms. The molecule has 0 fully saturated rings. The number of fused-ring (bicyclic) bond motifs is 1. The van der Waals surface area contributed by atoms with E-state index in [9.17, 15) is 9.59 Å². The first-order valence-electron chi connectivity index (χ1n) is 6.14. The van der Waals surface area contributed by atoms with Crippen LogP contribution < -0.4 is 5.32 Å². The largest absolute Gasteiger partial charge is 0.467 e. The molecule has 21 heavy (non-hydrogen) atoms. The van der Waals surface area contributed by atoms with Gasteiger partial charge in [0.2, 0.25) is 0 Å². The molecule has 0 unspecified atom stereocenters. The molecule has 0 saturated heterocycles. The summed E-state index contributed by atoms with van der Waals surface area (Å²) < 4.78 is 4.65. The number of aromatic nitrogens is 1. The van der Waals surface area contributed by atoms with Gasteiger partial charge in [0.1, 0.15) is 6.04 Å². The standard InChI is InChI=1S/C13H13N5O3/c1-21-12(19)11(16-13(20)17-18-14)6-8-7-15-10-5-3-2-4-9(8)10/h2-5,7,11,15H,6H2,1H3,(H,16,20)/t11-/m0/s1. The molecule has 2 amide bonds. The number of H-pyrrole nitrogens is 1. The first kappa shape index (κ1) is 14.4. The van der Waals surface area contributed by atoms with Crippen molar-refractivity contribution < 1.29 is 14.3 Å². The van der Waals surface area contributed by atoms with Gasteiger partial charge in [-0.15, -0.1) is 0 Å². The predicted molar refractivity (Wildman–Crippen MR) is 75.5 cm³/mol. The van der Waals surface area contributed by atoms with E-state index in [1.165, 1.54) is 7.11 Å². The number of nitrogens with one attached hydrogen (secondary N) is 2. The minimum Gasteiger partial charge on any atom is -0.467 e. The highest BCUT2D eigenvalue weighted by Crippen LogP contribution is 2.19. The molecule has 0 bridgehead atoms. The van der Waals surface area contributed by atoms with Crippen molar-refractivity contribution in [2.24, 2.45) is 5.11 Å². The number of nitrogens with zero attached hydrogens (tertiary/aromatic N) is 3. The van der Waals surface area contributed by atoms with E-state index in [4.69, 9.17) is 5.53 Å². The van der Waals surface area contributed by atoms with Gasteiger partial charge in [0.05, 0.1) is 7.11 Å². The second kappa shape index (κ2) is 6.44. The fourth-order valence-electron chi connectivity index (χ4n) is 2.07. The number of methoxy groups -OCH3 is 1. The summed E-state index contributed by atoms with van der Waals surface area (Å²) >= 11 is 0. The number of benzene rings is 1. The van der Waals surface area contributed by atoms with E-state index in [1.54, 1.807) is 6.20 Å². The summed E-state index contributed by atoms with van der Waals surface area (Å²) in [6.07, 6.45) is 1.99. The number of para-hydroxylation sites is 1. The zero-order valence-corrected chi connectivity index (χ0v) is 11.2. The number of hydrogen-bond acceptors (Lipinski definition) is 3. The van der Waals surface area contributed by atoms with Crippen molar-refractivity contribution in [2.75, 3.05) is 7.11 Å². The van der Waals surface area contributed by atoms with Crippen molar-refractivity contribution in [3.05, 3.63) is 46.5 Å². The lowest BCUT2D eigenvalue weighted by atomic mass is 10.1. The van der Waals surface area contributed by atoms with Crippen LogP contribution in [-0.4, -0.2) is 30.1 Å². The summed E-state index contributed by atoms with van der Waals surface area (Å²) in [5, 5.41) is 6.16. The van der Waals surface area contributed by atoms with E-state index in [0.29, 0.717) is 0 Å². The average Bonchev–Trinajstić information content (AvgIpc) is 2.89. The Kier molecular flexibility index (Phi) is 4.43.